The monoisotopic (exact) mass is 223 g/mol. The van der Waals surface area contributed by atoms with Crippen LogP contribution in [0.1, 0.15) is 13.8 Å². The Morgan fingerprint density at radius 3 is 2.56 bits per heavy atom. The molecule has 0 saturated carbocycles. The Labute approximate surface area is 95.2 Å². The van der Waals surface area contributed by atoms with Gasteiger partial charge in [0.05, 0.1) is 0 Å². The zero-order valence-electron chi connectivity index (χ0n) is 9.51. The molecule has 2 atom stereocenters. The van der Waals surface area contributed by atoms with Crippen LogP contribution in [0.15, 0.2) is 30.3 Å². The SMILES string of the molecule is CC(CO)C(C)NC(=O)Oc1ccccc1. The van der Waals surface area contributed by atoms with Crippen molar-refractivity contribution in [1.82, 2.24) is 5.32 Å². The van der Waals surface area contributed by atoms with Crippen LogP contribution in [0.2, 0.25) is 0 Å². The number of carbonyl (C=O) groups is 1. The number of para-hydroxylation sites is 1. The second-order valence-corrected chi connectivity index (χ2v) is 3.80. The molecule has 0 aliphatic rings. The van der Waals surface area contributed by atoms with E-state index in [0.717, 1.165) is 0 Å². The smallest absolute Gasteiger partial charge is 0.410 e. The second kappa shape index (κ2) is 6.12. The second-order valence-electron chi connectivity index (χ2n) is 3.80. The maximum Gasteiger partial charge on any atom is 0.412 e. The predicted octanol–water partition coefficient (Wildman–Crippen LogP) is 1.79. The molecule has 88 valence electrons. The van der Waals surface area contributed by atoms with Crippen LogP contribution in [0.4, 0.5) is 4.79 Å². The van der Waals surface area contributed by atoms with Gasteiger partial charge in [0.1, 0.15) is 5.75 Å². The van der Waals surface area contributed by atoms with E-state index in [9.17, 15) is 4.79 Å². The topological polar surface area (TPSA) is 58.6 Å². The molecule has 0 aromatic heterocycles. The molecular formula is C12H17NO3. The summed E-state index contributed by atoms with van der Waals surface area (Å²) in [5.41, 5.74) is 0. The van der Waals surface area contributed by atoms with Crippen molar-refractivity contribution in [2.24, 2.45) is 5.92 Å². The summed E-state index contributed by atoms with van der Waals surface area (Å²) in [6.07, 6.45) is -0.501. The maximum atomic E-state index is 11.4. The summed E-state index contributed by atoms with van der Waals surface area (Å²) in [4.78, 5) is 11.4. The van der Waals surface area contributed by atoms with E-state index < -0.39 is 6.09 Å². The summed E-state index contributed by atoms with van der Waals surface area (Å²) in [7, 11) is 0. The van der Waals surface area contributed by atoms with Gasteiger partial charge in [-0.15, -0.1) is 0 Å². The average Bonchev–Trinajstić information content (AvgIpc) is 2.29. The van der Waals surface area contributed by atoms with Crippen LogP contribution in [0, 0.1) is 5.92 Å². The van der Waals surface area contributed by atoms with Crippen LogP contribution in [0.25, 0.3) is 0 Å². The van der Waals surface area contributed by atoms with Crippen molar-refractivity contribution >= 4 is 6.09 Å². The zero-order chi connectivity index (χ0) is 12.0. The Hall–Kier alpha value is -1.55. The molecule has 0 bridgehead atoms. The van der Waals surface area contributed by atoms with E-state index in [1.807, 2.05) is 19.9 Å². The van der Waals surface area contributed by atoms with Crippen LogP contribution in [0.5, 0.6) is 5.75 Å². The molecule has 0 heterocycles. The standard InChI is InChI=1S/C12H17NO3/c1-9(8-14)10(2)13-12(15)16-11-6-4-3-5-7-11/h3-7,9-10,14H,8H2,1-2H3,(H,13,15). The lowest BCUT2D eigenvalue weighted by Gasteiger charge is -2.18. The highest BCUT2D eigenvalue weighted by Crippen LogP contribution is 2.09. The normalized spacial score (nSPS) is 13.9. The summed E-state index contributed by atoms with van der Waals surface area (Å²) in [6.45, 7) is 3.72. The van der Waals surface area contributed by atoms with Gasteiger partial charge >= 0.3 is 6.09 Å². The van der Waals surface area contributed by atoms with E-state index in [-0.39, 0.29) is 18.6 Å². The Balaban J connectivity index is 2.42. The fourth-order valence-electron chi connectivity index (χ4n) is 1.11. The van der Waals surface area contributed by atoms with Crippen LogP contribution in [-0.4, -0.2) is 23.8 Å². The molecule has 1 rings (SSSR count). The minimum absolute atomic E-state index is 0.00308. The van der Waals surface area contributed by atoms with Crippen LogP contribution >= 0.6 is 0 Å². The Morgan fingerprint density at radius 1 is 1.38 bits per heavy atom. The number of aliphatic hydroxyl groups excluding tert-OH is 1. The van der Waals surface area contributed by atoms with E-state index in [1.54, 1.807) is 24.3 Å². The molecule has 1 amide bonds. The van der Waals surface area contributed by atoms with Gasteiger partial charge in [-0.1, -0.05) is 25.1 Å². The molecule has 16 heavy (non-hydrogen) atoms. The molecule has 1 aromatic rings. The van der Waals surface area contributed by atoms with E-state index in [0.29, 0.717) is 5.75 Å². The van der Waals surface area contributed by atoms with Crippen molar-refractivity contribution in [2.45, 2.75) is 19.9 Å². The third-order valence-corrected chi connectivity index (χ3v) is 2.44. The first-order valence-corrected chi connectivity index (χ1v) is 5.27. The van der Waals surface area contributed by atoms with Gasteiger partial charge in [-0.25, -0.2) is 4.79 Å². The van der Waals surface area contributed by atoms with Crippen molar-refractivity contribution < 1.29 is 14.6 Å². The highest BCUT2D eigenvalue weighted by Gasteiger charge is 2.14. The Morgan fingerprint density at radius 2 is 2.00 bits per heavy atom. The third kappa shape index (κ3) is 3.90. The minimum Gasteiger partial charge on any atom is -0.410 e. The zero-order valence-corrected chi connectivity index (χ0v) is 9.51. The largest absolute Gasteiger partial charge is 0.412 e. The van der Waals surface area contributed by atoms with Gasteiger partial charge in [0.2, 0.25) is 0 Å². The molecular weight excluding hydrogens is 206 g/mol. The first-order valence-electron chi connectivity index (χ1n) is 5.27. The van der Waals surface area contributed by atoms with E-state index >= 15 is 0 Å². The number of benzene rings is 1. The van der Waals surface area contributed by atoms with Crippen LogP contribution in [0.3, 0.4) is 0 Å². The molecule has 1 aromatic carbocycles. The first-order chi connectivity index (χ1) is 7.63. The number of ether oxygens (including phenoxy) is 1. The maximum absolute atomic E-state index is 11.4. The van der Waals surface area contributed by atoms with E-state index in [2.05, 4.69) is 5.32 Å². The van der Waals surface area contributed by atoms with Gasteiger partial charge in [0, 0.05) is 12.6 Å². The van der Waals surface area contributed by atoms with Crippen molar-refractivity contribution in [3.8, 4) is 5.75 Å². The van der Waals surface area contributed by atoms with Gasteiger partial charge in [-0.2, -0.15) is 0 Å². The van der Waals surface area contributed by atoms with Gasteiger partial charge in [0.15, 0.2) is 0 Å². The number of rotatable bonds is 4. The minimum atomic E-state index is -0.501. The number of carbonyl (C=O) groups excluding carboxylic acids is 1. The summed E-state index contributed by atoms with van der Waals surface area (Å²) >= 11 is 0. The van der Waals surface area contributed by atoms with Gasteiger partial charge in [0.25, 0.3) is 0 Å². The summed E-state index contributed by atoms with van der Waals surface area (Å²) in [5.74, 6) is 0.507. The number of aliphatic hydroxyl groups is 1. The lowest BCUT2D eigenvalue weighted by Crippen LogP contribution is -2.39. The molecule has 2 N–H and O–H groups in total. The molecule has 4 nitrogen and oxygen atoms in total. The summed E-state index contributed by atoms with van der Waals surface area (Å²) in [5, 5.41) is 11.6. The lowest BCUT2D eigenvalue weighted by molar-refractivity contribution is 0.177. The van der Waals surface area contributed by atoms with Crippen molar-refractivity contribution in [3.05, 3.63) is 30.3 Å². The van der Waals surface area contributed by atoms with Crippen LogP contribution in [-0.2, 0) is 0 Å². The number of nitrogens with one attached hydrogen (secondary N) is 1. The molecule has 0 fully saturated rings. The highest BCUT2D eigenvalue weighted by molar-refractivity contribution is 5.70. The summed E-state index contributed by atoms with van der Waals surface area (Å²) in [6, 6.07) is 8.73. The van der Waals surface area contributed by atoms with Gasteiger partial charge in [-0.05, 0) is 25.0 Å². The third-order valence-electron chi connectivity index (χ3n) is 2.44. The Kier molecular flexibility index (Phi) is 4.79. The van der Waals surface area contributed by atoms with Gasteiger partial charge in [-0.3, -0.25) is 0 Å². The highest BCUT2D eigenvalue weighted by atomic mass is 16.6. The molecule has 0 spiro atoms. The fraction of sp³-hybridized carbons (Fsp3) is 0.417. The van der Waals surface area contributed by atoms with Crippen molar-refractivity contribution in [1.29, 1.82) is 0 Å². The van der Waals surface area contributed by atoms with Crippen LogP contribution < -0.4 is 10.1 Å². The number of hydrogen-bond donors (Lipinski definition) is 2. The van der Waals surface area contributed by atoms with Gasteiger partial charge < -0.3 is 15.2 Å². The average molecular weight is 223 g/mol. The molecule has 0 aliphatic carbocycles. The lowest BCUT2D eigenvalue weighted by atomic mass is 10.1. The molecule has 0 radical (unpaired) electrons. The molecule has 0 aliphatic heterocycles. The van der Waals surface area contributed by atoms with Crippen molar-refractivity contribution in [2.75, 3.05) is 6.61 Å². The fourth-order valence-corrected chi connectivity index (χ4v) is 1.11. The van der Waals surface area contributed by atoms with E-state index in [1.165, 1.54) is 0 Å². The number of hydrogen-bond acceptors (Lipinski definition) is 3. The summed E-state index contributed by atoms with van der Waals surface area (Å²) < 4.78 is 5.05. The van der Waals surface area contributed by atoms with Crippen molar-refractivity contribution in [3.63, 3.8) is 0 Å². The molecule has 4 heteroatoms. The Bertz CT molecular complexity index is 326. The number of amides is 1. The quantitative estimate of drug-likeness (QED) is 0.818. The van der Waals surface area contributed by atoms with E-state index in [4.69, 9.17) is 9.84 Å². The molecule has 2 unspecified atom stereocenters. The molecule has 0 saturated heterocycles. The predicted molar refractivity (Wildman–Crippen MR) is 61.3 cm³/mol. The first kappa shape index (κ1) is 12.5.